The van der Waals surface area contributed by atoms with Gasteiger partial charge in [0.05, 0.1) is 17.4 Å². The topological polar surface area (TPSA) is 43.8 Å². The molecule has 0 radical (unpaired) electrons. The van der Waals surface area contributed by atoms with Gasteiger partial charge in [0.2, 0.25) is 0 Å². The van der Waals surface area contributed by atoms with Crippen LogP contribution in [0.3, 0.4) is 0 Å². The van der Waals surface area contributed by atoms with E-state index < -0.39 is 0 Å². The smallest absolute Gasteiger partial charge is 0.0625 e. The monoisotopic (exact) mass is 283 g/mol. The predicted octanol–water partition coefficient (Wildman–Crippen LogP) is 3.20. The fraction of sp³-hybridized carbons (Fsp3) is 0.500. The Morgan fingerprint density at radius 1 is 1.19 bits per heavy atom. The molecular formula is C18H25N3. The van der Waals surface area contributed by atoms with Gasteiger partial charge < -0.3 is 5.73 Å². The van der Waals surface area contributed by atoms with E-state index in [1.807, 2.05) is 0 Å². The Kier molecular flexibility index (Phi) is 4.11. The molecular weight excluding hydrogens is 258 g/mol. The van der Waals surface area contributed by atoms with Crippen LogP contribution in [0, 0.1) is 0 Å². The molecule has 0 bridgehead atoms. The molecule has 0 aliphatic heterocycles. The first-order valence-electron chi connectivity index (χ1n) is 8.14. The summed E-state index contributed by atoms with van der Waals surface area (Å²) in [6, 6.07) is 9.09. The maximum Gasteiger partial charge on any atom is 0.0625 e. The Morgan fingerprint density at radius 2 is 2.00 bits per heavy atom. The lowest BCUT2D eigenvalue weighted by Crippen LogP contribution is -2.18. The van der Waals surface area contributed by atoms with E-state index in [9.17, 15) is 0 Å². The first-order valence-corrected chi connectivity index (χ1v) is 8.14. The van der Waals surface area contributed by atoms with Crippen LogP contribution in [0.4, 0.5) is 0 Å². The van der Waals surface area contributed by atoms with E-state index in [2.05, 4.69) is 47.9 Å². The lowest BCUT2D eigenvalue weighted by Gasteiger charge is -2.14. The highest BCUT2D eigenvalue weighted by atomic mass is 15.3. The third kappa shape index (κ3) is 2.88. The van der Waals surface area contributed by atoms with Gasteiger partial charge in [-0.3, -0.25) is 4.68 Å². The number of aryl methyl sites for hydroxylation is 4. The molecule has 3 nitrogen and oxygen atoms in total. The molecule has 3 heteroatoms. The summed E-state index contributed by atoms with van der Waals surface area (Å²) in [7, 11) is 0. The highest BCUT2D eigenvalue weighted by molar-refractivity contribution is 5.36. The normalized spacial score (nSPS) is 15.2. The molecule has 21 heavy (non-hydrogen) atoms. The van der Waals surface area contributed by atoms with Crippen LogP contribution in [-0.4, -0.2) is 9.78 Å². The van der Waals surface area contributed by atoms with E-state index in [0.29, 0.717) is 0 Å². The van der Waals surface area contributed by atoms with E-state index in [1.165, 1.54) is 36.0 Å². The summed E-state index contributed by atoms with van der Waals surface area (Å²) < 4.78 is 2.05. The van der Waals surface area contributed by atoms with E-state index in [-0.39, 0.29) is 6.04 Å². The molecule has 1 aromatic carbocycles. The van der Waals surface area contributed by atoms with Gasteiger partial charge in [-0.15, -0.1) is 0 Å². The van der Waals surface area contributed by atoms with Crippen molar-refractivity contribution in [1.82, 2.24) is 9.78 Å². The first kappa shape index (κ1) is 14.3. The first-order chi connectivity index (χ1) is 10.2. The largest absolute Gasteiger partial charge is 0.322 e. The summed E-state index contributed by atoms with van der Waals surface area (Å²) in [5, 5.41) is 4.60. The van der Waals surface area contributed by atoms with Gasteiger partial charge in [-0.1, -0.05) is 25.1 Å². The average Bonchev–Trinajstić information content (AvgIpc) is 3.12. The van der Waals surface area contributed by atoms with E-state index in [1.54, 1.807) is 0 Å². The van der Waals surface area contributed by atoms with Crippen molar-refractivity contribution in [2.45, 2.75) is 58.5 Å². The maximum atomic E-state index is 6.46. The molecule has 1 atom stereocenters. The van der Waals surface area contributed by atoms with Crippen LogP contribution in [0.25, 0.3) is 0 Å². The van der Waals surface area contributed by atoms with Crippen LogP contribution in [-0.2, 0) is 32.2 Å². The molecule has 2 aromatic rings. The lowest BCUT2D eigenvalue weighted by atomic mass is 9.99. The summed E-state index contributed by atoms with van der Waals surface area (Å²) in [6.07, 6.45) is 5.62. The quantitative estimate of drug-likeness (QED) is 0.915. The van der Waals surface area contributed by atoms with Crippen molar-refractivity contribution in [2.24, 2.45) is 5.73 Å². The molecule has 0 saturated heterocycles. The minimum absolute atomic E-state index is 0.0252. The predicted molar refractivity (Wildman–Crippen MR) is 86.4 cm³/mol. The van der Waals surface area contributed by atoms with Crippen LogP contribution in [0.5, 0.6) is 0 Å². The number of hydrogen-bond donors (Lipinski definition) is 1. The van der Waals surface area contributed by atoms with Gasteiger partial charge in [-0.2, -0.15) is 5.10 Å². The minimum Gasteiger partial charge on any atom is -0.322 e. The molecule has 3 rings (SSSR count). The second-order valence-corrected chi connectivity index (χ2v) is 6.00. The molecule has 0 saturated carbocycles. The second-order valence-electron chi connectivity index (χ2n) is 6.00. The van der Waals surface area contributed by atoms with Gasteiger partial charge in [-0.05, 0) is 61.8 Å². The maximum absolute atomic E-state index is 6.46. The fourth-order valence-corrected chi connectivity index (χ4v) is 3.32. The van der Waals surface area contributed by atoms with E-state index in [0.717, 1.165) is 30.8 Å². The second kappa shape index (κ2) is 6.02. The molecule has 0 spiro atoms. The van der Waals surface area contributed by atoms with Crippen molar-refractivity contribution in [2.75, 3.05) is 0 Å². The molecule has 112 valence electrons. The highest BCUT2D eigenvalue weighted by Gasteiger charge is 2.16. The van der Waals surface area contributed by atoms with Crippen LogP contribution >= 0.6 is 0 Å². The van der Waals surface area contributed by atoms with Crippen molar-refractivity contribution >= 4 is 0 Å². The van der Waals surface area contributed by atoms with Crippen LogP contribution < -0.4 is 5.73 Å². The van der Waals surface area contributed by atoms with E-state index >= 15 is 0 Å². The molecule has 1 aromatic heterocycles. The fourth-order valence-electron chi connectivity index (χ4n) is 3.32. The summed E-state index contributed by atoms with van der Waals surface area (Å²) in [4.78, 5) is 0. The van der Waals surface area contributed by atoms with Crippen molar-refractivity contribution in [1.29, 1.82) is 0 Å². The number of nitrogens with two attached hydrogens (primary N) is 1. The number of benzene rings is 1. The summed E-state index contributed by atoms with van der Waals surface area (Å²) in [5.41, 5.74) is 13.2. The van der Waals surface area contributed by atoms with Crippen molar-refractivity contribution in [3.63, 3.8) is 0 Å². The molecule has 0 amide bonds. The van der Waals surface area contributed by atoms with Crippen LogP contribution in [0.1, 0.15) is 54.4 Å². The molecule has 0 fully saturated rings. The Morgan fingerprint density at radius 3 is 2.76 bits per heavy atom. The number of fused-ring (bicyclic) bond motifs is 1. The standard InChI is InChI=1S/C18H25N3/c1-3-16-12-18(21(4-2)20-16)17(19)11-13-8-9-14-6-5-7-15(14)10-13/h8-10,12,17H,3-7,11,19H2,1-2H3. The summed E-state index contributed by atoms with van der Waals surface area (Å²) in [6.45, 7) is 5.14. The third-order valence-corrected chi connectivity index (χ3v) is 4.52. The number of hydrogen-bond acceptors (Lipinski definition) is 2. The Bertz CT molecular complexity index is 627. The Hall–Kier alpha value is -1.61. The number of nitrogens with zero attached hydrogens (tertiary/aromatic N) is 2. The highest BCUT2D eigenvalue weighted by Crippen LogP contribution is 2.25. The van der Waals surface area contributed by atoms with Crippen molar-refractivity contribution in [3.05, 3.63) is 52.3 Å². The summed E-state index contributed by atoms with van der Waals surface area (Å²) >= 11 is 0. The van der Waals surface area contributed by atoms with Gasteiger partial charge in [0.15, 0.2) is 0 Å². The molecule has 1 unspecified atom stereocenters. The van der Waals surface area contributed by atoms with E-state index in [4.69, 9.17) is 5.73 Å². The lowest BCUT2D eigenvalue weighted by molar-refractivity contribution is 0.565. The number of rotatable bonds is 5. The molecule has 2 N–H and O–H groups in total. The van der Waals surface area contributed by atoms with Crippen LogP contribution in [0.2, 0.25) is 0 Å². The van der Waals surface area contributed by atoms with Gasteiger partial charge in [0.25, 0.3) is 0 Å². The molecule has 1 heterocycles. The molecule has 1 aliphatic carbocycles. The zero-order valence-electron chi connectivity index (χ0n) is 13.1. The van der Waals surface area contributed by atoms with Gasteiger partial charge in [0, 0.05) is 6.54 Å². The SMILES string of the molecule is CCc1cc(C(N)Cc2ccc3c(c2)CCC3)n(CC)n1. The zero-order valence-corrected chi connectivity index (χ0v) is 13.1. The van der Waals surface area contributed by atoms with Crippen molar-refractivity contribution in [3.8, 4) is 0 Å². The van der Waals surface area contributed by atoms with Gasteiger partial charge in [-0.25, -0.2) is 0 Å². The van der Waals surface area contributed by atoms with Crippen LogP contribution in [0.15, 0.2) is 24.3 Å². The number of aromatic nitrogens is 2. The minimum atomic E-state index is 0.0252. The van der Waals surface area contributed by atoms with Gasteiger partial charge in [0.1, 0.15) is 0 Å². The summed E-state index contributed by atoms with van der Waals surface area (Å²) in [5.74, 6) is 0. The zero-order chi connectivity index (χ0) is 14.8. The van der Waals surface area contributed by atoms with Gasteiger partial charge >= 0.3 is 0 Å². The Labute approximate surface area is 127 Å². The average molecular weight is 283 g/mol. The Balaban J connectivity index is 1.79. The van der Waals surface area contributed by atoms with Crippen molar-refractivity contribution < 1.29 is 0 Å². The molecule has 1 aliphatic rings. The third-order valence-electron chi connectivity index (χ3n) is 4.52.